The molecule has 2 nitrogen and oxygen atoms in total. The van der Waals surface area contributed by atoms with Gasteiger partial charge in [-0.25, -0.2) is 8.78 Å². The smallest absolute Gasteiger partial charge is 0.252 e. The van der Waals surface area contributed by atoms with Crippen LogP contribution in [0.1, 0.15) is 17.7 Å². The SMILES string of the molecule is N#Cc1c(C(F)F)ncc(Cl)c1Cl. The van der Waals surface area contributed by atoms with Crippen LogP contribution in [-0.4, -0.2) is 4.98 Å². The molecule has 1 rings (SSSR count). The highest BCUT2D eigenvalue weighted by Crippen LogP contribution is 2.30. The van der Waals surface area contributed by atoms with Gasteiger partial charge >= 0.3 is 0 Å². The molecule has 6 heteroatoms. The zero-order valence-corrected chi connectivity index (χ0v) is 7.57. The number of hydrogen-bond acceptors (Lipinski definition) is 2. The monoisotopic (exact) mass is 222 g/mol. The summed E-state index contributed by atoms with van der Waals surface area (Å²) in [6.45, 7) is 0. The van der Waals surface area contributed by atoms with E-state index in [1.54, 1.807) is 0 Å². The second kappa shape index (κ2) is 3.86. The minimum absolute atomic E-state index is 0.0115. The van der Waals surface area contributed by atoms with Crippen LogP contribution in [0.4, 0.5) is 8.78 Å². The lowest BCUT2D eigenvalue weighted by Gasteiger charge is -2.03. The van der Waals surface area contributed by atoms with E-state index in [0.29, 0.717) is 0 Å². The molecule has 1 aromatic rings. The second-order valence-electron chi connectivity index (χ2n) is 2.09. The third-order valence-electron chi connectivity index (χ3n) is 1.32. The van der Waals surface area contributed by atoms with Gasteiger partial charge < -0.3 is 0 Å². The number of nitrogens with zero attached hydrogens (tertiary/aromatic N) is 2. The summed E-state index contributed by atoms with van der Waals surface area (Å²) < 4.78 is 24.4. The van der Waals surface area contributed by atoms with E-state index >= 15 is 0 Å². The number of pyridine rings is 1. The van der Waals surface area contributed by atoms with Crippen molar-refractivity contribution in [3.63, 3.8) is 0 Å². The zero-order chi connectivity index (χ0) is 10.0. The number of rotatable bonds is 1. The number of halogens is 4. The average Bonchev–Trinajstić information content (AvgIpc) is 2.09. The third kappa shape index (κ3) is 1.87. The Balaban J connectivity index is 3.41. The fourth-order valence-electron chi connectivity index (χ4n) is 0.751. The fraction of sp³-hybridized carbons (Fsp3) is 0.143. The first kappa shape index (κ1) is 10.2. The Hall–Kier alpha value is -0.920. The highest BCUT2D eigenvalue weighted by atomic mass is 35.5. The Morgan fingerprint density at radius 1 is 1.46 bits per heavy atom. The number of nitriles is 1. The summed E-state index contributed by atoms with van der Waals surface area (Å²) in [4.78, 5) is 3.32. The van der Waals surface area contributed by atoms with Gasteiger partial charge in [0.1, 0.15) is 11.8 Å². The molecule has 0 aromatic carbocycles. The van der Waals surface area contributed by atoms with Gasteiger partial charge in [-0.1, -0.05) is 23.2 Å². The molecule has 0 radical (unpaired) electrons. The number of aromatic nitrogens is 1. The number of alkyl halides is 2. The molecule has 1 aromatic heterocycles. The first-order valence-corrected chi connectivity index (χ1v) is 3.85. The summed E-state index contributed by atoms with van der Waals surface area (Å²) in [5.41, 5.74) is -1.01. The van der Waals surface area contributed by atoms with E-state index in [1.807, 2.05) is 0 Å². The zero-order valence-electron chi connectivity index (χ0n) is 6.06. The van der Waals surface area contributed by atoms with Gasteiger partial charge in [0.25, 0.3) is 6.43 Å². The lowest BCUT2D eigenvalue weighted by atomic mass is 10.2. The topological polar surface area (TPSA) is 36.7 Å². The van der Waals surface area contributed by atoms with E-state index in [-0.39, 0.29) is 15.6 Å². The molecular formula is C7H2Cl2F2N2. The van der Waals surface area contributed by atoms with E-state index in [1.165, 1.54) is 6.07 Å². The Bertz CT molecular complexity index is 373. The van der Waals surface area contributed by atoms with Crippen molar-refractivity contribution >= 4 is 23.2 Å². The molecule has 0 saturated carbocycles. The molecule has 0 aliphatic carbocycles. The molecule has 13 heavy (non-hydrogen) atoms. The van der Waals surface area contributed by atoms with E-state index < -0.39 is 12.1 Å². The van der Waals surface area contributed by atoms with Crippen LogP contribution < -0.4 is 0 Å². The summed E-state index contributed by atoms with van der Waals surface area (Å²) >= 11 is 11.0. The fourth-order valence-corrected chi connectivity index (χ4v) is 1.08. The highest BCUT2D eigenvalue weighted by molar-refractivity contribution is 6.42. The Labute approximate surface area is 82.7 Å². The Morgan fingerprint density at radius 2 is 2.08 bits per heavy atom. The first-order chi connectivity index (χ1) is 6.07. The van der Waals surface area contributed by atoms with Gasteiger partial charge in [-0.2, -0.15) is 5.26 Å². The van der Waals surface area contributed by atoms with Crippen LogP contribution in [-0.2, 0) is 0 Å². The first-order valence-electron chi connectivity index (χ1n) is 3.10. The summed E-state index contributed by atoms with van der Waals surface area (Å²) in [5.74, 6) is 0. The third-order valence-corrected chi connectivity index (χ3v) is 2.10. The van der Waals surface area contributed by atoms with Crippen LogP contribution in [0.25, 0.3) is 0 Å². The predicted octanol–water partition coefficient (Wildman–Crippen LogP) is 3.20. The molecule has 0 unspecified atom stereocenters. The largest absolute Gasteiger partial charge is 0.281 e. The normalized spacial score (nSPS) is 10.2. The van der Waals surface area contributed by atoms with Crippen molar-refractivity contribution in [2.75, 3.05) is 0 Å². The quantitative estimate of drug-likeness (QED) is 0.732. The minimum Gasteiger partial charge on any atom is -0.252 e. The standard InChI is InChI=1S/C7H2Cl2F2N2/c8-4-2-13-6(7(10)11)3(1-12)5(4)9/h2,7H. The predicted molar refractivity (Wildman–Crippen MR) is 43.9 cm³/mol. The van der Waals surface area contributed by atoms with Crippen molar-refractivity contribution < 1.29 is 8.78 Å². The molecule has 0 spiro atoms. The van der Waals surface area contributed by atoms with Crippen LogP contribution in [0.2, 0.25) is 10.0 Å². The molecular weight excluding hydrogens is 221 g/mol. The molecule has 0 bridgehead atoms. The summed E-state index contributed by atoms with van der Waals surface area (Å²) in [6.07, 6.45) is -1.84. The highest BCUT2D eigenvalue weighted by Gasteiger charge is 2.19. The maximum atomic E-state index is 12.2. The summed E-state index contributed by atoms with van der Waals surface area (Å²) in [6, 6.07) is 1.53. The van der Waals surface area contributed by atoms with Gasteiger partial charge in [0.15, 0.2) is 0 Å². The van der Waals surface area contributed by atoms with Crippen molar-refractivity contribution in [3.05, 3.63) is 27.5 Å². The second-order valence-corrected chi connectivity index (χ2v) is 2.88. The molecule has 0 saturated heterocycles. The van der Waals surface area contributed by atoms with E-state index in [0.717, 1.165) is 6.20 Å². The van der Waals surface area contributed by atoms with Gasteiger partial charge in [0.05, 0.1) is 15.6 Å². The minimum atomic E-state index is -2.83. The molecule has 0 N–H and O–H groups in total. The van der Waals surface area contributed by atoms with Gasteiger partial charge in [0.2, 0.25) is 0 Å². The van der Waals surface area contributed by atoms with Crippen LogP contribution in [0.5, 0.6) is 0 Å². The lowest BCUT2D eigenvalue weighted by Crippen LogP contribution is -1.96. The lowest BCUT2D eigenvalue weighted by molar-refractivity contribution is 0.145. The summed E-state index contributed by atoms with van der Waals surface area (Å²) in [7, 11) is 0. The van der Waals surface area contributed by atoms with E-state index in [4.69, 9.17) is 28.5 Å². The van der Waals surface area contributed by atoms with Gasteiger partial charge in [-0.3, -0.25) is 4.98 Å². The molecule has 0 aliphatic rings. The van der Waals surface area contributed by atoms with Crippen molar-refractivity contribution in [1.29, 1.82) is 5.26 Å². The van der Waals surface area contributed by atoms with Crippen molar-refractivity contribution in [3.8, 4) is 6.07 Å². The average molecular weight is 223 g/mol. The van der Waals surface area contributed by atoms with Crippen LogP contribution >= 0.6 is 23.2 Å². The summed E-state index contributed by atoms with van der Waals surface area (Å²) in [5, 5.41) is 8.31. The van der Waals surface area contributed by atoms with Gasteiger partial charge in [-0.05, 0) is 0 Å². The van der Waals surface area contributed by atoms with Gasteiger partial charge in [0, 0.05) is 6.20 Å². The maximum Gasteiger partial charge on any atom is 0.281 e. The van der Waals surface area contributed by atoms with E-state index in [9.17, 15) is 8.78 Å². The molecule has 1 heterocycles. The molecule has 0 amide bonds. The van der Waals surface area contributed by atoms with Crippen molar-refractivity contribution in [1.82, 2.24) is 4.98 Å². The van der Waals surface area contributed by atoms with Crippen molar-refractivity contribution in [2.24, 2.45) is 0 Å². The Morgan fingerprint density at radius 3 is 2.54 bits per heavy atom. The molecule has 0 atom stereocenters. The van der Waals surface area contributed by atoms with Crippen LogP contribution in [0.3, 0.4) is 0 Å². The van der Waals surface area contributed by atoms with Crippen LogP contribution in [0.15, 0.2) is 6.20 Å². The Kier molecular flexibility index (Phi) is 3.02. The molecule has 0 aliphatic heterocycles. The van der Waals surface area contributed by atoms with Gasteiger partial charge in [-0.15, -0.1) is 0 Å². The molecule has 0 fully saturated rings. The number of hydrogen-bond donors (Lipinski definition) is 0. The van der Waals surface area contributed by atoms with Crippen molar-refractivity contribution in [2.45, 2.75) is 6.43 Å². The molecule has 68 valence electrons. The van der Waals surface area contributed by atoms with E-state index in [2.05, 4.69) is 4.98 Å². The maximum absolute atomic E-state index is 12.2. The van der Waals surface area contributed by atoms with Crippen LogP contribution in [0, 0.1) is 11.3 Å².